The molecule has 20 heavy (non-hydrogen) atoms. The minimum Gasteiger partial charge on any atom is -0.487 e. The molecule has 0 fully saturated rings. The molecule has 0 saturated heterocycles. The molecule has 0 aliphatic carbocycles. The van der Waals surface area contributed by atoms with Gasteiger partial charge in [0.25, 0.3) is 0 Å². The van der Waals surface area contributed by atoms with E-state index in [4.69, 9.17) is 9.84 Å². The summed E-state index contributed by atoms with van der Waals surface area (Å²) >= 11 is 0. The number of ketones is 1. The molecule has 1 aromatic carbocycles. The van der Waals surface area contributed by atoms with Gasteiger partial charge in [-0.3, -0.25) is 19.7 Å². The number of hydrogen-bond donors (Lipinski definition) is 1. The third-order valence-corrected chi connectivity index (χ3v) is 2.59. The van der Waals surface area contributed by atoms with Gasteiger partial charge in [0.05, 0.1) is 11.5 Å². The summed E-state index contributed by atoms with van der Waals surface area (Å²) in [7, 11) is 0. The Bertz CT molecular complexity index is 526. The highest BCUT2D eigenvalue weighted by atomic mass is 16.6. The van der Waals surface area contributed by atoms with Gasteiger partial charge in [0.2, 0.25) is 0 Å². The van der Waals surface area contributed by atoms with E-state index in [1.807, 2.05) is 0 Å². The van der Waals surface area contributed by atoms with Gasteiger partial charge in [-0.25, -0.2) is 0 Å². The zero-order valence-electron chi connectivity index (χ0n) is 11.0. The molecule has 0 bridgehead atoms. The molecule has 1 aromatic rings. The minimum atomic E-state index is -0.952. The number of ether oxygens (including phenoxy) is 1. The number of rotatable bonds is 8. The normalized spacial score (nSPS) is 10.1. The molecule has 7 nitrogen and oxygen atoms in total. The van der Waals surface area contributed by atoms with Crippen LogP contribution in [0.15, 0.2) is 18.2 Å². The van der Waals surface area contributed by atoms with Gasteiger partial charge in [-0.2, -0.15) is 0 Å². The highest BCUT2D eigenvalue weighted by molar-refractivity contribution is 5.96. The molecule has 1 rings (SSSR count). The Morgan fingerprint density at radius 2 is 2.10 bits per heavy atom. The van der Waals surface area contributed by atoms with Crippen LogP contribution in [-0.4, -0.2) is 28.4 Å². The Kier molecular flexibility index (Phi) is 5.64. The quantitative estimate of drug-likeness (QED) is 0.339. The maximum absolute atomic E-state index is 11.5. The minimum absolute atomic E-state index is 0.0352. The number of carboxylic acids is 1. The molecule has 0 atom stereocenters. The number of aliphatic carboxylic acids is 1. The lowest BCUT2D eigenvalue weighted by Crippen LogP contribution is -2.05. The summed E-state index contributed by atoms with van der Waals surface area (Å²) < 4.78 is 5.20. The molecule has 0 radical (unpaired) electrons. The van der Waals surface area contributed by atoms with Crippen molar-refractivity contribution in [2.24, 2.45) is 0 Å². The monoisotopic (exact) mass is 281 g/mol. The summed E-state index contributed by atoms with van der Waals surface area (Å²) in [5.74, 6) is -1.11. The van der Waals surface area contributed by atoms with Gasteiger partial charge in [0.15, 0.2) is 11.5 Å². The third-order valence-electron chi connectivity index (χ3n) is 2.59. The van der Waals surface area contributed by atoms with E-state index in [1.54, 1.807) is 6.92 Å². The van der Waals surface area contributed by atoms with Crippen LogP contribution in [0.4, 0.5) is 5.69 Å². The van der Waals surface area contributed by atoms with E-state index in [0.717, 1.165) is 0 Å². The Balaban J connectivity index is 2.82. The topological polar surface area (TPSA) is 107 Å². The molecule has 108 valence electrons. The fraction of sp³-hybridized carbons (Fsp3) is 0.385. The molecule has 0 saturated carbocycles. The highest BCUT2D eigenvalue weighted by Gasteiger charge is 2.18. The van der Waals surface area contributed by atoms with Crippen LogP contribution in [0.5, 0.6) is 5.75 Å². The zero-order valence-corrected chi connectivity index (χ0v) is 11.0. The zero-order chi connectivity index (χ0) is 15.1. The molecule has 7 heteroatoms. The first-order chi connectivity index (χ1) is 9.45. The average molecular weight is 281 g/mol. The lowest BCUT2D eigenvalue weighted by atomic mass is 10.1. The van der Waals surface area contributed by atoms with Gasteiger partial charge >= 0.3 is 11.7 Å². The van der Waals surface area contributed by atoms with Gasteiger partial charge < -0.3 is 9.84 Å². The van der Waals surface area contributed by atoms with Crippen LogP contribution in [0.1, 0.15) is 36.5 Å². The van der Waals surface area contributed by atoms with Crippen LogP contribution >= 0.6 is 0 Å². The van der Waals surface area contributed by atoms with Crippen LogP contribution in [0.3, 0.4) is 0 Å². The predicted molar refractivity (Wildman–Crippen MR) is 70.1 cm³/mol. The number of Topliss-reactive ketones (excluding diaryl/α,β-unsaturated/α-hetero) is 1. The fourth-order valence-corrected chi connectivity index (χ4v) is 1.57. The second-order valence-corrected chi connectivity index (χ2v) is 4.06. The van der Waals surface area contributed by atoms with Gasteiger partial charge in [-0.15, -0.1) is 0 Å². The number of carboxylic acid groups (broad SMARTS) is 1. The first kappa shape index (κ1) is 15.6. The van der Waals surface area contributed by atoms with Crippen LogP contribution in [-0.2, 0) is 4.79 Å². The largest absolute Gasteiger partial charge is 0.487 e. The maximum Gasteiger partial charge on any atom is 0.311 e. The second-order valence-electron chi connectivity index (χ2n) is 4.06. The smallest absolute Gasteiger partial charge is 0.311 e. The maximum atomic E-state index is 11.5. The Morgan fingerprint density at radius 3 is 2.65 bits per heavy atom. The van der Waals surface area contributed by atoms with Crippen molar-refractivity contribution < 1.29 is 24.4 Å². The van der Waals surface area contributed by atoms with Crippen LogP contribution in [0, 0.1) is 10.1 Å². The first-order valence-electron chi connectivity index (χ1n) is 6.12. The molecule has 0 amide bonds. The van der Waals surface area contributed by atoms with Gasteiger partial charge in [0.1, 0.15) is 0 Å². The lowest BCUT2D eigenvalue weighted by molar-refractivity contribution is -0.385. The SMILES string of the molecule is CCC(=O)c1ccc(OCCCC(=O)O)c([N+](=O)[O-])c1. The van der Waals surface area contributed by atoms with Crippen molar-refractivity contribution >= 4 is 17.4 Å². The fourth-order valence-electron chi connectivity index (χ4n) is 1.57. The third kappa shape index (κ3) is 4.34. The van der Waals surface area contributed by atoms with E-state index in [-0.39, 0.29) is 48.7 Å². The summed E-state index contributed by atoms with van der Waals surface area (Å²) in [6, 6.07) is 4.01. The number of benzene rings is 1. The molecular weight excluding hydrogens is 266 g/mol. The van der Waals surface area contributed by atoms with E-state index in [1.165, 1.54) is 18.2 Å². The Hall–Kier alpha value is -2.44. The van der Waals surface area contributed by atoms with Crippen LogP contribution in [0.25, 0.3) is 0 Å². The first-order valence-corrected chi connectivity index (χ1v) is 6.12. The van der Waals surface area contributed by atoms with Crippen molar-refractivity contribution in [1.29, 1.82) is 0 Å². The van der Waals surface area contributed by atoms with Gasteiger partial charge in [-0.05, 0) is 18.6 Å². The molecule has 0 spiro atoms. The average Bonchev–Trinajstić information content (AvgIpc) is 2.42. The molecule has 0 heterocycles. The molecule has 1 N–H and O–H groups in total. The lowest BCUT2D eigenvalue weighted by Gasteiger charge is -2.07. The number of carbonyl (C=O) groups is 2. The summed E-state index contributed by atoms with van der Waals surface area (Å²) in [6.45, 7) is 1.73. The second kappa shape index (κ2) is 7.22. The van der Waals surface area contributed by atoms with Crippen molar-refractivity contribution in [3.8, 4) is 5.75 Å². The number of carbonyl (C=O) groups excluding carboxylic acids is 1. The Labute approximate surface area is 115 Å². The Morgan fingerprint density at radius 1 is 1.40 bits per heavy atom. The number of hydrogen-bond acceptors (Lipinski definition) is 5. The number of nitro groups is 1. The van der Waals surface area contributed by atoms with Crippen molar-refractivity contribution in [3.63, 3.8) is 0 Å². The van der Waals surface area contributed by atoms with Crippen LogP contribution in [0.2, 0.25) is 0 Å². The number of nitrogens with zero attached hydrogens (tertiary/aromatic N) is 1. The summed E-state index contributed by atoms with van der Waals surface area (Å²) in [4.78, 5) is 32.2. The summed E-state index contributed by atoms with van der Waals surface area (Å²) in [5, 5.41) is 19.4. The molecule has 0 unspecified atom stereocenters. The number of nitro benzene ring substituents is 1. The van der Waals surface area contributed by atoms with Crippen molar-refractivity contribution in [2.75, 3.05) is 6.61 Å². The van der Waals surface area contributed by atoms with E-state index in [2.05, 4.69) is 0 Å². The molecular formula is C13H15NO6. The standard InChI is InChI=1S/C13H15NO6/c1-2-11(15)9-5-6-12(10(8-9)14(18)19)20-7-3-4-13(16)17/h5-6,8H,2-4,7H2,1H3,(H,16,17). The van der Waals surface area contributed by atoms with Gasteiger partial charge in [0, 0.05) is 24.5 Å². The van der Waals surface area contributed by atoms with Crippen molar-refractivity contribution in [2.45, 2.75) is 26.2 Å². The summed E-state index contributed by atoms with van der Waals surface area (Å²) in [6.07, 6.45) is 0.443. The molecule has 0 aliphatic rings. The van der Waals surface area contributed by atoms with E-state index < -0.39 is 10.9 Å². The molecule has 0 aliphatic heterocycles. The van der Waals surface area contributed by atoms with Crippen molar-refractivity contribution in [1.82, 2.24) is 0 Å². The van der Waals surface area contributed by atoms with E-state index in [9.17, 15) is 19.7 Å². The summed E-state index contributed by atoms with van der Waals surface area (Å²) in [5.41, 5.74) is -0.0308. The van der Waals surface area contributed by atoms with E-state index >= 15 is 0 Å². The van der Waals surface area contributed by atoms with Crippen molar-refractivity contribution in [3.05, 3.63) is 33.9 Å². The van der Waals surface area contributed by atoms with Crippen LogP contribution < -0.4 is 4.74 Å². The molecule has 0 aromatic heterocycles. The highest BCUT2D eigenvalue weighted by Crippen LogP contribution is 2.28. The predicted octanol–water partition coefficient (Wildman–Crippen LogP) is 2.43. The van der Waals surface area contributed by atoms with E-state index in [0.29, 0.717) is 0 Å². The van der Waals surface area contributed by atoms with Gasteiger partial charge in [-0.1, -0.05) is 6.92 Å².